The van der Waals surface area contributed by atoms with E-state index < -0.39 is 11.4 Å². The van der Waals surface area contributed by atoms with Crippen molar-refractivity contribution in [2.24, 2.45) is 0 Å². The zero-order valence-corrected chi connectivity index (χ0v) is 13.0. The van der Waals surface area contributed by atoms with Crippen LogP contribution in [0.2, 0.25) is 0 Å². The highest BCUT2D eigenvalue weighted by Gasteiger charge is 2.16. The van der Waals surface area contributed by atoms with Gasteiger partial charge in [0.25, 0.3) is 0 Å². The SMILES string of the molecule is CCn1nc(C)c(C=CC(=O)c2c(O)cc(C)oc2=O)c1C. The van der Waals surface area contributed by atoms with Crippen LogP contribution in [0.25, 0.3) is 6.08 Å². The predicted molar refractivity (Wildman–Crippen MR) is 82.1 cm³/mol. The van der Waals surface area contributed by atoms with E-state index in [0.717, 1.165) is 23.5 Å². The van der Waals surface area contributed by atoms with E-state index in [1.165, 1.54) is 19.1 Å². The van der Waals surface area contributed by atoms with E-state index >= 15 is 0 Å². The van der Waals surface area contributed by atoms with Crippen LogP contribution < -0.4 is 5.63 Å². The minimum absolute atomic E-state index is 0.249. The highest BCUT2D eigenvalue weighted by Crippen LogP contribution is 2.18. The number of aromatic nitrogens is 2. The van der Waals surface area contributed by atoms with Crippen LogP contribution in [0, 0.1) is 20.8 Å². The highest BCUT2D eigenvalue weighted by molar-refractivity contribution is 6.08. The molecule has 0 unspecified atom stereocenters. The number of aryl methyl sites for hydroxylation is 3. The molecule has 0 spiro atoms. The maximum atomic E-state index is 12.1. The first-order valence-corrected chi connectivity index (χ1v) is 6.95. The van der Waals surface area contributed by atoms with Crippen molar-refractivity contribution in [2.45, 2.75) is 34.2 Å². The minimum atomic E-state index is -0.843. The average molecular weight is 302 g/mol. The van der Waals surface area contributed by atoms with Gasteiger partial charge in [-0.15, -0.1) is 0 Å². The Balaban J connectivity index is 2.38. The van der Waals surface area contributed by atoms with Crippen molar-refractivity contribution in [3.8, 4) is 5.75 Å². The van der Waals surface area contributed by atoms with E-state index in [4.69, 9.17) is 4.42 Å². The first kappa shape index (κ1) is 15.8. The molecule has 2 aromatic heterocycles. The van der Waals surface area contributed by atoms with Crippen LogP contribution in [0.1, 0.15) is 40.0 Å². The monoisotopic (exact) mass is 302 g/mol. The summed E-state index contributed by atoms with van der Waals surface area (Å²) in [5, 5.41) is 14.1. The van der Waals surface area contributed by atoms with Crippen molar-refractivity contribution in [2.75, 3.05) is 0 Å². The third-order valence-electron chi connectivity index (χ3n) is 3.44. The molecule has 0 atom stereocenters. The molecule has 2 heterocycles. The summed E-state index contributed by atoms with van der Waals surface area (Å²) in [6.07, 6.45) is 2.85. The van der Waals surface area contributed by atoms with Crippen LogP contribution >= 0.6 is 0 Å². The summed E-state index contributed by atoms with van der Waals surface area (Å²) in [5.74, 6) is -0.727. The van der Waals surface area contributed by atoms with Gasteiger partial charge in [0, 0.05) is 23.9 Å². The Morgan fingerprint density at radius 1 is 1.41 bits per heavy atom. The van der Waals surface area contributed by atoms with Crippen LogP contribution in [0.4, 0.5) is 0 Å². The van der Waals surface area contributed by atoms with Crippen molar-refractivity contribution in [1.82, 2.24) is 9.78 Å². The molecule has 0 aliphatic carbocycles. The van der Waals surface area contributed by atoms with E-state index in [2.05, 4.69) is 5.10 Å². The quantitative estimate of drug-likeness (QED) is 0.692. The Kier molecular flexibility index (Phi) is 4.30. The van der Waals surface area contributed by atoms with Gasteiger partial charge in [-0.3, -0.25) is 9.48 Å². The second-order valence-electron chi connectivity index (χ2n) is 5.00. The van der Waals surface area contributed by atoms with Crippen LogP contribution in [-0.4, -0.2) is 20.7 Å². The van der Waals surface area contributed by atoms with Gasteiger partial charge < -0.3 is 9.52 Å². The van der Waals surface area contributed by atoms with Gasteiger partial charge in [-0.05, 0) is 39.8 Å². The summed E-state index contributed by atoms with van der Waals surface area (Å²) in [7, 11) is 0. The zero-order chi connectivity index (χ0) is 16.4. The number of carbonyl (C=O) groups excluding carboxylic acids is 1. The van der Waals surface area contributed by atoms with Gasteiger partial charge in [-0.1, -0.05) is 0 Å². The molecule has 0 aliphatic rings. The zero-order valence-electron chi connectivity index (χ0n) is 13.0. The van der Waals surface area contributed by atoms with Crippen molar-refractivity contribution in [3.05, 3.63) is 50.8 Å². The summed E-state index contributed by atoms with van der Waals surface area (Å²) < 4.78 is 6.68. The van der Waals surface area contributed by atoms with Gasteiger partial charge in [0.2, 0.25) is 0 Å². The molecule has 0 bridgehead atoms. The second-order valence-corrected chi connectivity index (χ2v) is 5.00. The molecule has 6 nitrogen and oxygen atoms in total. The van der Waals surface area contributed by atoms with E-state index in [0.29, 0.717) is 0 Å². The fraction of sp³-hybridized carbons (Fsp3) is 0.312. The van der Waals surface area contributed by atoms with E-state index in [9.17, 15) is 14.7 Å². The topological polar surface area (TPSA) is 85.3 Å². The largest absolute Gasteiger partial charge is 0.507 e. The molecular formula is C16H18N2O4. The van der Waals surface area contributed by atoms with Crippen molar-refractivity contribution < 1.29 is 14.3 Å². The van der Waals surface area contributed by atoms with E-state index in [-0.39, 0.29) is 17.1 Å². The Labute approximate surface area is 127 Å². The van der Waals surface area contributed by atoms with Crippen LogP contribution in [0.3, 0.4) is 0 Å². The molecule has 0 saturated carbocycles. The predicted octanol–water partition coefficient (Wildman–Crippen LogP) is 2.38. The molecule has 116 valence electrons. The van der Waals surface area contributed by atoms with Gasteiger partial charge in [-0.2, -0.15) is 5.10 Å². The standard InChI is InChI=1S/C16H18N2O4/c1-5-18-11(4)12(10(3)17-18)6-7-13(19)15-14(20)8-9(2)22-16(15)21/h6-8,20H,5H2,1-4H3. The van der Waals surface area contributed by atoms with Crippen LogP contribution in [0.15, 0.2) is 21.4 Å². The van der Waals surface area contributed by atoms with Crippen molar-refractivity contribution >= 4 is 11.9 Å². The van der Waals surface area contributed by atoms with Gasteiger partial charge in [-0.25, -0.2) is 4.79 Å². The summed E-state index contributed by atoms with van der Waals surface area (Å²) in [6, 6.07) is 1.24. The second kappa shape index (κ2) is 6.01. The lowest BCUT2D eigenvalue weighted by atomic mass is 10.1. The molecule has 22 heavy (non-hydrogen) atoms. The fourth-order valence-corrected chi connectivity index (χ4v) is 2.33. The molecule has 0 fully saturated rings. The normalized spacial score (nSPS) is 11.3. The molecule has 6 heteroatoms. The van der Waals surface area contributed by atoms with Gasteiger partial charge in [0.15, 0.2) is 5.78 Å². The Morgan fingerprint density at radius 2 is 2.09 bits per heavy atom. The molecule has 0 radical (unpaired) electrons. The average Bonchev–Trinajstić information content (AvgIpc) is 2.70. The Morgan fingerprint density at radius 3 is 2.64 bits per heavy atom. The number of ketones is 1. The molecule has 1 N–H and O–H groups in total. The van der Waals surface area contributed by atoms with Crippen LogP contribution in [0.5, 0.6) is 5.75 Å². The molecule has 0 aromatic carbocycles. The van der Waals surface area contributed by atoms with Crippen molar-refractivity contribution in [1.29, 1.82) is 0 Å². The first-order chi connectivity index (χ1) is 10.3. The van der Waals surface area contributed by atoms with E-state index in [1.54, 1.807) is 6.08 Å². The number of nitrogens with zero attached hydrogens (tertiary/aromatic N) is 2. The first-order valence-electron chi connectivity index (χ1n) is 6.95. The number of hydrogen-bond donors (Lipinski definition) is 1. The molecular weight excluding hydrogens is 284 g/mol. The summed E-state index contributed by atoms with van der Waals surface area (Å²) in [5.41, 5.74) is 1.35. The summed E-state index contributed by atoms with van der Waals surface area (Å²) in [6.45, 7) is 7.99. The number of carbonyl (C=O) groups is 1. The number of hydrogen-bond acceptors (Lipinski definition) is 5. The lowest BCUT2D eigenvalue weighted by Gasteiger charge is -2.00. The van der Waals surface area contributed by atoms with Crippen LogP contribution in [-0.2, 0) is 6.54 Å². The lowest BCUT2D eigenvalue weighted by molar-refractivity contribution is 0.104. The minimum Gasteiger partial charge on any atom is -0.507 e. The smallest absolute Gasteiger partial charge is 0.351 e. The van der Waals surface area contributed by atoms with Gasteiger partial charge >= 0.3 is 5.63 Å². The van der Waals surface area contributed by atoms with Crippen molar-refractivity contribution in [3.63, 3.8) is 0 Å². The Hall–Kier alpha value is -2.63. The highest BCUT2D eigenvalue weighted by atomic mass is 16.4. The third-order valence-corrected chi connectivity index (χ3v) is 3.44. The molecule has 0 saturated heterocycles. The molecule has 2 rings (SSSR count). The lowest BCUT2D eigenvalue weighted by Crippen LogP contribution is -2.13. The maximum absolute atomic E-state index is 12.1. The third kappa shape index (κ3) is 2.86. The fourth-order valence-electron chi connectivity index (χ4n) is 2.33. The van der Waals surface area contributed by atoms with Gasteiger partial charge in [0.05, 0.1) is 5.69 Å². The number of rotatable bonds is 4. The van der Waals surface area contributed by atoms with Gasteiger partial charge in [0.1, 0.15) is 17.1 Å². The molecule has 0 amide bonds. The van der Waals surface area contributed by atoms with E-state index in [1.807, 2.05) is 25.5 Å². The molecule has 0 aliphatic heterocycles. The number of allylic oxidation sites excluding steroid dienone is 1. The Bertz CT molecular complexity index is 812. The molecule has 2 aromatic rings. The summed E-state index contributed by atoms with van der Waals surface area (Å²) in [4.78, 5) is 23.8. The maximum Gasteiger partial charge on any atom is 0.351 e. The summed E-state index contributed by atoms with van der Waals surface area (Å²) >= 11 is 0. The number of aromatic hydroxyl groups is 1.